The number of benzene rings is 2. The Hall–Kier alpha value is -2.33. The van der Waals surface area contributed by atoms with Crippen molar-refractivity contribution in [3.8, 4) is 0 Å². The fourth-order valence-corrected chi connectivity index (χ4v) is 5.62. The summed E-state index contributed by atoms with van der Waals surface area (Å²) in [6.45, 7) is 8.16. The molecule has 0 atom stereocenters. The van der Waals surface area contributed by atoms with E-state index in [-0.39, 0.29) is 10.8 Å². The molecule has 4 rings (SSSR count). The Kier molecular flexibility index (Phi) is 6.62. The second kappa shape index (κ2) is 9.27. The van der Waals surface area contributed by atoms with Gasteiger partial charge in [0.25, 0.3) is 5.91 Å². The molecule has 1 aliphatic heterocycles. The number of anilines is 1. The molecule has 1 aromatic heterocycles. The first kappa shape index (κ1) is 22.8. The van der Waals surface area contributed by atoms with Crippen LogP contribution in [-0.2, 0) is 14.6 Å². The number of carbonyl (C=O) groups excluding carboxylic acids is 1. The van der Waals surface area contributed by atoms with Gasteiger partial charge in [0.1, 0.15) is 5.52 Å². The van der Waals surface area contributed by atoms with Gasteiger partial charge in [-0.3, -0.25) is 14.6 Å². The van der Waals surface area contributed by atoms with Crippen LogP contribution in [-0.4, -0.2) is 69.9 Å². The Balaban J connectivity index is 1.72. The zero-order chi connectivity index (χ0) is 22.9. The van der Waals surface area contributed by atoms with Gasteiger partial charge in [0.15, 0.2) is 15.0 Å². The van der Waals surface area contributed by atoms with E-state index in [0.717, 1.165) is 28.9 Å². The van der Waals surface area contributed by atoms with Gasteiger partial charge in [-0.2, -0.15) is 0 Å². The van der Waals surface area contributed by atoms with Crippen molar-refractivity contribution in [2.24, 2.45) is 0 Å². The third-order valence-electron chi connectivity index (χ3n) is 5.74. The van der Waals surface area contributed by atoms with Crippen LogP contribution in [0.15, 0.2) is 41.3 Å². The lowest BCUT2D eigenvalue weighted by Crippen LogP contribution is -2.43. The lowest BCUT2D eigenvalue weighted by Gasteiger charge is -2.29. The van der Waals surface area contributed by atoms with E-state index in [1.807, 2.05) is 38.1 Å². The minimum absolute atomic E-state index is 0.138. The summed E-state index contributed by atoms with van der Waals surface area (Å²) in [6, 6.07) is 10.8. The van der Waals surface area contributed by atoms with Crippen LogP contribution in [0.2, 0.25) is 0 Å². The van der Waals surface area contributed by atoms with Crippen molar-refractivity contribution in [3.05, 3.63) is 53.1 Å². The number of ether oxygens (including phenoxy) is 1. The minimum atomic E-state index is -3.44. The molecule has 1 aliphatic rings. The zero-order valence-corrected chi connectivity index (χ0v) is 20.1. The van der Waals surface area contributed by atoms with E-state index in [9.17, 15) is 13.2 Å². The van der Waals surface area contributed by atoms with Crippen LogP contribution in [0.4, 0.5) is 5.13 Å². The maximum absolute atomic E-state index is 13.6. The molecule has 0 aliphatic carbocycles. The molecular weight excluding hydrogens is 446 g/mol. The number of para-hydroxylation sites is 1. The molecule has 170 valence electrons. The monoisotopic (exact) mass is 473 g/mol. The summed E-state index contributed by atoms with van der Waals surface area (Å²) < 4.78 is 30.7. The second-order valence-corrected chi connectivity index (χ2v) is 11.1. The quantitative estimate of drug-likeness (QED) is 0.547. The van der Waals surface area contributed by atoms with E-state index in [0.29, 0.717) is 42.5 Å². The lowest BCUT2D eigenvalue weighted by atomic mass is 10.1. The van der Waals surface area contributed by atoms with Crippen molar-refractivity contribution in [3.63, 3.8) is 0 Å². The summed E-state index contributed by atoms with van der Waals surface area (Å²) in [5.41, 5.74) is 3.18. The molecule has 1 saturated heterocycles. The molecule has 1 amide bonds. The maximum Gasteiger partial charge on any atom is 0.260 e. The molecule has 0 bridgehead atoms. The fraction of sp³-hybridized carbons (Fsp3) is 0.391. The second-order valence-electron chi connectivity index (χ2n) is 8.08. The number of hydrogen-bond donors (Lipinski definition) is 0. The van der Waals surface area contributed by atoms with E-state index < -0.39 is 9.84 Å². The molecule has 2 aromatic carbocycles. The molecule has 2 heterocycles. The van der Waals surface area contributed by atoms with Gasteiger partial charge in [0.05, 0.1) is 22.8 Å². The van der Waals surface area contributed by atoms with Crippen LogP contribution >= 0.6 is 11.3 Å². The Morgan fingerprint density at radius 3 is 2.59 bits per heavy atom. The first-order valence-electron chi connectivity index (χ1n) is 10.5. The van der Waals surface area contributed by atoms with Crippen molar-refractivity contribution >= 4 is 42.4 Å². The molecular formula is C23H27N3O4S2. The molecule has 32 heavy (non-hydrogen) atoms. The van der Waals surface area contributed by atoms with Crippen molar-refractivity contribution in [1.82, 2.24) is 9.88 Å². The average Bonchev–Trinajstić information content (AvgIpc) is 3.19. The van der Waals surface area contributed by atoms with Crippen molar-refractivity contribution in [1.29, 1.82) is 0 Å². The highest BCUT2D eigenvalue weighted by Crippen LogP contribution is 2.33. The Morgan fingerprint density at radius 2 is 1.91 bits per heavy atom. The third kappa shape index (κ3) is 4.85. The van der Waals surface area contributed by atoms with E-state index in [1.54, 1.807) is 17.0 Å². The number of nitrogens with zero attached hydrogens (tertiary/aromatic N) is 3. The molecule has 1 fully saturated rings. The summed E-state index contributed by atoms with van der Waals surface area (Å²) in [4.78, 5) is 22.3. The zero-order valence-electron chi connectivity index (χ0n) is 18.5. The van der Waals surface area contributed by atoms with Crippen LogP contribution in [0.25, 0.3) is 10.2 Å². The SMILES string of the molecule is Cc1ccc(C(=O)N(CCN2CCOCC2)c2nc3c(S(C)(=O)=O)cccc3s2)cc1C. The summed E-state index contributed by atoms with van der Waals surface area (Å²) in [7, 11) is -3.44. The van der Waals surface area contributed by atoms with Gasteiger partial charge in [0.2, 0.25) is 0 Å². The molecule has 0 radical (unpaired) electrons. The van der Waals surface area contributed by atoms with E-state index in [1.165, 1.54) is 17.6 Å². The highest BCUT2D eigenvalue weighted by atomic mass is 32.2. The standard InChI is InChI=1S/C23H27N3O4S2/c1-16-7-8-18(15-17(16)2)22(27)26(10-9-25-11-13-30-14-12-25)23-24-21-19(31-23)5-4-6-20(21)32(3,28)29/h4-8,15H,9-14H2,1-3H3. The van der Waals surface area contributed by atoms with Crippen molar-refractivity contribution < 1.29 is 17.9 Å². The van der Waals surface area contributed by atoms with Crippen LogP contribution < -0.4 is 4.90 Å². The number of hydrogen-bond acceptors (Lipinski definition) is 7. The highest BCUT2D eigenvalue weighted by molar-refractivity contribution is 7.91. The number of sulfone groups is 1. The van der Waals surface area contributed by atoms with Gasteiger partial charge in [-0.15, -0.1) is 0 Å². The number of aromatic nitrogens is 1. The number of fused-ring (bicyclic) bond motifs is 1. The van der Waals surface area contributed by atoms with Crippen molar-refractivity contribution in [2.45, 2.75) is 18.7 Å². The molecule has 0 unspecified atom stereocenters. The number of aryl methyl sites for hydroxylation is 2. The molecule has 0 N–H and O–H groups in total. The van der Waals surface area contributed by atoms with E-state index in [2.05, 4.69) is 9.88 Å². The number of morpholine rings is 1. The van der Waals surface area contributed by atoms with Gasteiger partial charge < -0.3 is 4.74 Å². The maximum atomic E-state index is 13.6. The van der Waals surface area contributed by atoms with Crippen molar-refractivity contribution in [2.75, 3.05) is 50.5 Å². The average molecular weight is 474 g/mol. The lowest BCUT2D eigenvalue weighted by molar-refractivity contribution is 0.0391. The molecule has 3 aromatic rings. The number of carbonyl (C=O) groups is 1. The van der Waals surface area contributed by atoms with Gasteiger partial charge in [-0.25, -0.2) is 13.4 Å². The fourth-order valence-electron chi connectivity index (χ4n) is 3.71. The van der Waals surface area contributed by atoms with E-state index in [4.69, 9.17) is 4.74 Å². The van der Waals surface area contributed by atoms with Crippen LogP contribution in [0.1, 0.15) is 21.5 Å². The van der Waals surface area contributed by atoms with Crippen LogP contribution in [0.5, 0.6) is 0 Å². The number of amides is 1. The first-order valence-corrected chi connectivity index (χ1v) is 13.2. The summed E-state index contributed by atoms with van der Waals surface area (Å²) in [5, 5.41) is 0.507. The molecule has 9 heteroatoms. The smallest absolute Gasteiger partial charge is 0.260 e. The van der Waals surface area contributed by atoms with Gasteiger partial charge in [-0.05, 0) is 49.2 Å². The summed E-state index contributed by atoms with van der Waals surface area (Å²) >= 11 is 1.34. The largest absolute Gasteiger partial charge is 0.379 e. The van der Waals surface area contributed by atoms with E-state index >= 15 is 0 Å². The topological polar surface area (TPSA) is 79.8 Å². The number of rotatable bonds is 6. The Morgan fingerprint density at radius 1 is 1.16 bits per heavy atom. The summed E-state index contributed by atoms with van der Waals surface area (Å²) in [5.74, 6) is -0.138. The minimum Gasteiger partial charge on any atom is -0.379 e. The van der Waals surface area contributed by atoms with Crippen LogP contribution in [0, 0.1) is 13.8 Å². The Bertz CT molecular complexity index is 1250. The molecule has 0 spiro atoms. The predicted molar refractivity (Wildman–Crippen MR) is 128 cm³/mol. The predicted octanol–water partition coefficient (Wildman–Crippen LogP) is 3.30. The normalized spacial score (nSPS) is 15.2. The third-order valence-corrected chi connectivity index (χ3v) is 7.92. The van der Waals surface area contributed by atoms with Crippen LogP contribution in [0.3, 0.4) is 0 Å². The molecule has 7 nitrogen and oxygen atoms in total. The molecule has 0 saturated carbocycles. The Labute approximate surface area is 192 Å². The highest BCUT2D eigenvalue weighted by Gasteiger charge is 2.25. The van der Waals surface area contributed by atoms with Gasteiger partial charge in [0, 0.05) is 38.0 Å². The van der Waals surface area contributed by atoms with Gasteiger partial charge >= 0.3 is 0 Å². The first-order chi connectivity index (χ1) is 15.2. The summed E-state index contributed by atoms with van der Waals surface area (Å²) in [6.07, 6.45) is 1.18. The number of thiazole rings is 1. The van der Waals surface area contributed by atoms with Gasteiger partial charge in [-0.1, -0.05) is 23.5 Å².